The molecule has 0 saturated heterocycles. The molecule has 1 N–H and O–H groups in total. The molecule has 0 aromatic heterocycles. The molecule has 120 valence electrons. The second-order valence-electron chi connectivity index (χ2n) is 6.51. The Morgan fingerprint density at radius 2 is 1.91 bits per heavy atom. The van der Waals surface area contributed by atoms with Gasteiger partial charge >= 0.3 is 5.97 Å². The normalized spacial score (nSPS) is 27.7. The minimum absolute atomic E-state index is 0.315. The summed E-state index contributed by atoms with van der Waals surface area (Å²) < 4.78 is 11.1. The minimum Gasteiger partial charge on any atom is -0.454 e. The monoisotopic (exact) mass is 304 g/mol. The summed E-state index contributed by atoms with van der Waals surface area (Å²) in [5.41, 5.74) is 1.06. The van der Waals surface area contributed by atoms with Gasteiger partial charge in [-0.1, -0.05) is 38.1 Å². The number of aliphatic hydroxyl groups excluding tert-OH is 1. The lowest BCUT2D eigenvalue weighted by atomic mass is 9.80. The van der Waals surface area contributed by atoms with E-state index in [1.54, 1.807) is 37.5 Å². The first-order valence-electron chi connectivity index (χ1n) is 7.50. The quantitative estimate of drug-likeness (QED) is 0.689. The van der Waals surface area contributed by atoms with Crippen LogP contribution in [0.5, 0.6) is 0 Å². The number of methoxy groups -OCH3 is 1. The highest BCUT2D eigenvalue weighted by molar-refractivity contribution is 5.89. The van der Waals surface area contributed by atoms with Crippen molar-refractivity contribution in [3.8, 4) is 0 Å². The Hall–Kier alpha value is -1.65. The molecule has 2 rings (SSSR count). The molecule has 1 aromatic carbocycles. The van der Waals surface area contributed by atoms with Gasteiger partial charge in [0, 0.05) is 7.11 Å². The third kappa shape index (κ3) is 3.57. The first-order valence-corrected chi connectivity index (χ1v) is 7.50. The van der Waals surface area contributed by atoms with Crippen LogP contribution in [0.15, 0.2) is 42.0 Å². The molecule has 4 heteroatoms. The molecule has 4 nitrogen and oxygen atoms in total. The molecule has 1 aliphatic carbocycles. The zero-order chi connectivity index (χ0) is 16.3. The Bertz CT molecular complexity index is 547. The largest absolute Gasteiger partial charge is 0.454 e. The number of benzene rings is 1. The summed E-state index contributed by atoms with van der Waals surface area (Å²) in [4.78, 5) is 12.3. The fraction of sp³-hybridized carbons (Fsp3) is 0.500. The summed E-state index contributed by atoms with van der Waals surface area (Å²) in [6.45, 7) is 5.90. The Morgan fingerprint density at radius 1 is 1.27 bits per heavy atom. The second kappa shape index (κ2) is 6.63. The summed E-state index contributed by atoms with van der Waals surface area (Å²) >= 11 is 0. The maximum absolute atomic E-state index is 12.3. The van der Waals surface area contributed by atoms with Crippen LogP contribution in [0, 0.1) is 5.41 Å². The van der Waals surface area contributed by atoms with Crippen LogP contribution >= 0.6 is 0 Å². The van der Waals surface area contributed by atoms with Crippen LogP contribution in [-0.4, -0.2) is 36.5 Å². The number of esters is 1. The van der Waals surface area contributed by atoms with E-state index in [-0.39, 0.29) is 23.6 Å². The number of hydrogen-bond donors (Lipinski definition) is 1. The standard InChI is InChI=1S/C18H24O4/c1-12-10-14(19)16(21-4)18(2,3)11-15(12)22-17(20)13-8-6-5-7-9-13/h5-10,14-16,19H,11H2,1-4H3. The number of aliphatic hydroxyl groups is 1. The summed E-state index contributed by atoms with van der Waals surface area (Å²) in [5.74, 6) is -0.348. The molecule has 0 saturated carbocycles. The van der Waals surface area contributed by atoms with Gasteiger partial charge in [0.2, 0.25) is 0 Å². The van der Waals surface area contributed by atoms with Crippen LogP contribution in [0.4, 0.5) is 0 Å². The van der Waals surface area contributed by atoms with Gasteiger partial charge in [0.05, 0.1) is 17.8 Å². The summed E-state index contributed by atoms with van der Waals surface area (Å²) in [6, 6.07) is 8.93. The molecule has 0 spiro atoms. The predicted molar refractivity (Wildman–Crippen MR) is 84.6 cm³/mol. The zero-order valence-electron chi connectivity index (χ0n) is 13.6. The Morgan fingerprint density at radius 3 is 2.50 bits per heavy atom. The minimum atomic E-state index is -0.708. The molecule has 0 heterocycles. The van der Waals surface area contributed by atoms with E-state index >= 15 is 0 Å². The SMILES string of the molecule is COC1C(O)C=C(C)C(OC(=O)c2ccccc2)CC1(C)C. The smallest absolute Gasteiger partial charge is 0.338 e. The van der Waals surface area contributed by atoms with Crippen molar-refractivity contribution < 1.29 is 19.4 Å². The lowest BCUT2D eigenvalue weighted by Gasteiger charge is -2.35. The van der Waals surface area contributed by atoms with E-state index in [9.17, 15) is 9.90 Å². The molecule has 3 atom stereocenters. The molecular formula is C18H24O4. The van der Waals surface area contributed by atoms with Crippen LogP contribution in [0.1, 0.15) is 37.6 Å². The number of carbonyl (C=O) groups excluding carboxylic acids is 1. The van der Waals surface area contributed by atoms with Crippen molar-refractivity contribution in [1.29, 1.82) is 0 Å². The van der Waals surface area contributed by atoms with E-state index in [0.29, 0.717) is 12.0 Å². The van der Waals surface area contributed by atoms with Gasteiger partial charge in [-0.15, -0.1) is 0 Å². The van der Waals surface area contributed by atoms with E-state index in [2.05, 4.69) is 0 Å². The van der Waals surface area contributed by atoms with Crippen molar-refractivity contribution in [3.63, 3.8) is 0 Å². The number of ether oxygens (including phenoxy) is 2. The molecule has 3 unspecified atom stereocenters. The van der Waals surface area contributed by atoms with Crippen molar-refractivity contribution in [2.45, 2.75) is 45.5 Å². The van der Waals surface area contributed by atoms with Gasteiger partial charge in [-0.2, -0.15) is 0 Å². The lowest BCUT2D eigenvalue weighted by molar-refractivity contribution is -0.0676. The van der Waals surface area contributed by atoms with Gasteiger partial charge in [-0.25, -0.2) is 4.79 Å². The second-order valence-corrected chi connectivity index (χ2v) is 6.51. The lowest BCUT2D eigenvalue weighted by Crippen LogP contribution is -2.40. The van der Waals surface area contributed by atoms with Crippen molar-refractivity contribution in [2.24, 2.45) is 5.41 Å². The van der Waals surface area contributed by atoms with E-state index < -0.39 is 6.10 Å². The maximum atomic E-state index is 12.3. The maximum Gasteiger partial charge on any atom is 0.338 e. The average Bonchev–Trinajstić information content (AvgIpc) is 2.54. The van der Waals surface area contributed by atoms with E-state index in [1.165, 1.54) is 0 Å². The number of carbonyl (C=O) groups is 1. The highest BCUT2D eigenvalue weighted by atomic mass is 16.5. The zero-order valence-corrected chi connectivity index (χ0v) is 13.6. The molecule has 0 fully saturated rings. The highest BCUT2D eigenvalue weighted by Crippen LogP contribution is 2.37. The van der Waals surface area contributed by atoms with Crippen LogP contribution in [0.2, 0.25) is 0 Å². The average molecular weight is 304 g/mol. The first-order chi connectivity index (χ1) is 10.3. The molecule has 1 aromatic rings. The van der Waals surface area contributed by atoms with Gasteiger partial charge in [0.15, 0.2) is 0 Å². The van der Waals surface area contributed by atoms with Gasteiger partial charge in [0.25, 0.3) is 0 Å². The van der Waals surface area contributed by atoms with E-state index in [0.717, 1.165) is 5.57 Å². The van der Waals surface area contributed by atoms with Gasteiger partial charge in [0.1, 0.15) is 6.10 Å². The highest BCUT2D eigenvalue weighted by Gasteiger charge is 2.40. The molecular weight excluding hydrogens is 280 g/mol. The summed E-state index contributed by atoms with van der Waals surface area (Å²) in [6.07, 6.45) is 0.927. The number of rotatable bonds is 3. The number of hydrogen-bond acceptors (Lipinski definition) is 4. The van der Waals surface area contributed by atoms with Crippen LogP contribution in [0.3, 0.4) is 0 Å². The molecule has 0 aliphatic heterocycles. The van der Waals surface area contributed by atoms with E-state index in [1.807, 2.05) is 26.8 Å². The van der Waals surface area contributed by atoms with Crippen molar-refractivity contribution in [2.75, 3.05) is 7.11 Å². The third-order valence-electron chi connectivity index (χ3n) is 4.25. The first kappa shape index (κ1) is 16.7. The van der Waals surface area contributed by atoms with Crippen LogP contribution in [0.25, 0.3) is 0 Å². The molecule has 0 radical (unpaired) electrons. The molecule has 1 aliphatic rings. The van der Waals surface area contributed by atoms with Gasteiger partial charge in [-0.3, -0.25) is 0 Å². The Labute approximate surface area is 131 Å². The van der Waals surface area contributed by atoms with Crippen molar-refractivity contribution in [3.05, 3.63) is 47.5 Å². The predicted octanol–water partition coefficient (Wildman–Crippen LogP) is 2.96. The fourth-order valence-corrected chi connectivity index (χ4v) is 3.05. The molecule has 22 heavy (non-hydrogen) atoms. The molecule has 0 amide bonds. The van der Waals surface area contributed by atoms with Gasteiger partial charge < -0.3 is 14.6 Å². The van der Waals surface area contributed by atoms with Crippen LogP contribution in [-0.2, 0) is 9.47 Å². The van der Waals surface area contributed by atoms with Crippen molar-refractivity contribution >= 4 is 5.97 Å². The topological polar surface area (TPSA) is 55.8 Å². The summed E-state index contributed by atoms with van der Waals surface area (Å²) in [5, 5.41) is 10.3. The van der Waals surface area contributed by atoms with Gasteiger partial charge in [-0.05, 0) is 36.5 Å². The third-order valence-corrected chi connectivity index (χ3v) is 4.25. The van der Waals surface area contributed by atoms with Crippen molar-refractivity contribution in [1.82, 2.24) is 0 Å². The fourth-order valence-electron chi connectivity index (χ4n) is 3.05. The van der Waals surface area contributed by atoms with Crippen LogP contribution < -0.4 is 0 Å². The van der Waals surface area contributed by atoms with E-state index in [4.69, 9.17) is 9.47 Å². The molecule has 0 bridgehead atoms. The Kier molecular flexibility index (Phi) is 5.04. The summed E-state index contributed by atoms with van der Waals surface area (Å²) in [7, 11) is 1.59. The Balaban J connectivity index is 2.20.